The molecule has 1 atom stereocenters. The molecule has 2 aliphatic rings. The van der Waals surface area contributed by atoms with Gasteiger partial charge >= 0.3 is 0 Å². The van der Waals surface area contributed by atoms with Gasteiger partial charge in [-0.15, -0.1) is 12.4 Å². The summed E-state index contributed by atoms with van der Waals surface area (Å²) in [5.41, 5.74) is 5.82. The molecular formula is C12H23ClN2O. The van der Waals surface area contributed by atoms with Gasteiger partial charge in [-0.25, -0.2) is 0 Å². The Kier molecular flexibility index (Phi) is 5.06. The Bertz CT molecular complexity index is 225. The number of hydrogen-bond donors (Lipinski definition) is 1. The van der Waals surface area contributed by atoms with Crippen molar-refractivity contribution < 1.29 is 4.79 Å². The summed E-state index contributed by atoms with van der Waals surface area (Å²) in [6.07, 6.45) is 5.96. The van der Waals surface area contributed by atoms with E-state index in [-0.39, 0.29) is 24.4 Å². The van der Waals surface area contributed by atoms with Gasteiger partial charge in [-0.05, 0) is 43.9 Å². The smallest absolute Gasteiger partial charge is 0.239 e. The van der Waals surface area contributed by atoms with Crippen LogP contribution in [0.25, 0.3) is 0 Å². The number of nitrogens with zero attached hydrogens (tertiary/aromatic N) is 1. The van der Waals surface area contributed by atoms with Gasteiger partial charge < -0.3 is 10.6 Å². The second-order valence-electron chi connectivity index (χ2n) is 5.14. The fourth-order valence-corrected chi connectivity index (χ4v) is 1.89. The summed E-state index contributed by atoms with van der Waals surface area (Å²) in [6.45, 7) is 3.90. The maximum atomic E-state index is 12.0. The predicted molar refractivity (Wildman–Crippen MR) is 67.5 cm³/mol. The molecule has 2 rings (SSSR count). The van der Waals surface area contributed by atoms with E-state index in [0.717, 1.165) is 31.3 Å². The van der Waals surface area contributed by atoms with Gasteiger partial charge in [0.25, 0.3) is 0 Å². The normalized spacial score (nSPS) is 21.1. The molecule has 0 aromatic heterocycles. The van der Waals surface area contributed by atoms with E-state index in [9.17, 15) is 4.79 Å². The van der Waals surface area contributed by atoms with Crippen LogP contribution in [0.15, 0.2) is 0 Å². The Labute approximate surface area is 104 Å². The number of halogens is 1. The quantitative estimate of drug-likeness (QED) is 0.777. The van der Waals surface area contributed by atoms with Crippen LogP contribution < -0.4 is 5.73 Å². The van der Waals surface area contributed by atoms with Gasteiger partial charge in [0.05, 0.1) is 6.04 Å². The summed E-state index contributed by atoms with van der Waals surface area (Å²) < 4.78 is 0. The van der Waals surface area contributed by atoms with Crippen molar-refractivity contribution in [2.24, 2.45) is 17.6 Å². The van der Waals surface area contributed by atoms with E-state index in [1.54, 1.807) is 0 Å². The van der Waals surface area contributed by atoms with Gasteiger partial charge in [0.15, 0.2) is 0 Å². The zero-order chi connectivity index (χ0) is 10.8. The second-order valence-corrected chi connectivity index (χ2v) is 5.14. The lowest BCUT2D eigenvalue weighted by molar-refractivity contribution is -0.133. The largest absolute Gasteiger partial charge is 0.341 e. The van der Waals surface area contributed by atoms with Crippen molar-refractivity contribution in [1.82, 2.24) is 4.90 Å². The second kappa shape index (κ2) is 5.87. The summed E-state index contributed by atoms with van der Waals surface area (Å²) in [5.74, 6) is 1.73. The Morgan fingerprint density at radius 3 is 2.00 bits per heavy atom. The summed E-state index contributed by atoms with van der Waals surface area (Å²) in [5, 5.41) is 0. The number of carbonyl (C=O) groups is 1. The molecule has 0 unspecified atom stereocenters. The fraction of sp³-hybridized carbons (Fsp3) is 0.917. The Hall–Kier alpha value is -0.280. The van der Waals surface area contributed by atoms with E-state index in [4.69, 9.17) is 5.73 Å². The van der Waals surface area contributed by atoms with Crippen LogP contribution in [0.3, 0.4) is 0 Å². The van der Waals surface area contributed by atoms with Gasteiger partial charge in [0, 0.05) is 13.1 Å². The van der Waals surface area contributed by atoms with Crippen molar-refractivity contribution in [2.45, 2.75) is 45.1 Å². The van der Waals surface area contributed by atoms with Gasteiger partial charge in [-0.3, -0.25) is 4.79 Å². The number of hydrogen-bond acceptors (Lipinski definition) is 2. The van der Waals surface area contributed by atoms with E-state index in [1.807, 2.05) is 11.8 Å². The maximum absolute atomic E-state index is 12.0. The van der Waals surface area contributed by atoms with E-state index in [0.29, 0.717) is 0 Å². The molecule has 0 aromatic carbocycles. The minimum atomic E-state index is -0.275. The molecule has 2 saturated carbocycles. The van der Waals surface area contributed by atoms with E-state index >= 15 is 0 Å². The lowest BCUT2D eigenvalue weighted by Crippen LogP contribution is -2.45. The summed E-state index contributed by atoms with van der Waals surface area (Å²) in [6, 6.07) is -0.275. The molecule has 0 spiro atoms. The van der Waals surface area contributed by atoms with Crippen LogP contribution in [-0.4, -0.2) is 29.9 Å². The van der Waals surface area contributed by atoms with Crippen molar-refractivity contribution in [3.8, 4) is 0 Å². The molecule has 16 heavy (non-hydrogen) atoms. The molecule has 0 radical (unpaired) electrons. The molecule has 0 aromatic rings. The fourth-order valence-electron chi connectivity index (χ4n) is 1.89. The zero-order valence-electron chi connectivity index (χ0n) is 10.0. The van der Waals surface area contributed by atoms with Crippen molar-refractivity contribution >= 4 is 18.3 Å². The molecule has 4 heteroatoms. The highest BCUT2D eigenvalue weighted by Crippen LogP contribution is 2.33. The third-order valence-corrected chi connectivity index (χ3v) is 3.42. The number of amides is 1. The number of nitrogens with two attached hydrogens (primary N) is 1. The van der Waals surface area contributed by atoms with Gasteiger partial charge in [-0.1, -0.05) is 6.92 Å². The number of carbonyl (C=O) groups excluding carboxylic acids is 1. The van der Waals surface area contributed by atoms with Crippen LogP contribution in [0, 0.1) is 11.8 Å². The molecule has 2 aliphatic carbocycles. The molecular weight excluding hydrogens is 224 g/mol. The first kappa shape index (κ1) is 13.8. The first-order valence-electron chi connectivity index (χ1n) is 6.25. The first-order valence-corrected chi connectivity index (χ1v) is 6.25. The van der Waals surface area contributed by atoms with E-state index in [1.165, 1.54) is 25.7 Å². The van der Waals surface area contributed by atoms with Crippen molar-refractivity contribution in [3.63, 3.8) is 0 Å². The molecule has 0 heterocycles. The number of rotatable bonds is 6. The lowest BCUT2D eigenvalue weighted by Gasteiger charge is -2.25. The van der Waals surface area contributed by atoms with Crippen molar-refractivity contribution in [3.05, 3.63) is 0 Å². The van der Waals surface area contributed by atoms with Crippen LogP contribution in [-0.2, 0) is 4.79 Å². The highest BCUT2D eigenvalue weighted by Gasteiger charge is 2.32. The Morgan fingerprint density at radius 1 is 1.25 bits per heavy atom. The highest BCUT2D eigenvalue weighted by atomic mass is 35.5. The SMILES string of the molecule is CC[C@H](N)C(=O)N(CC1CC1)CC1CC1.Cl. The van der Waals surface area contributed by atoms with Crippen molar-refractivity contribution in [1.29, 1.82) is 0 Å². The van der Waals surface area contributed by atoms with Gasteiger partial charge in [0.1, 0.15) is 0 Å². The first-order chi connectivity index (χ1) is 7.20. The Morgan fingerprint density at radius 2 is 1.69 bits per heavy atom. The van der Waals surface area contributed by atoms with Crippen molar-refractivity contribution in [2.75, 3.05) is 13.1 Å². The molecule has 2 fully saturated rings. The third kappa shape index (κ3) is 3.95. The summed E-state index contributed by atoms with van der Waals surface area (Å²) >= 11 is 0. The molecule has 0 bridgehead atoms. The van der Waals surface area contributed by atoms with E-state index < -0.39 is 0 Å². The molecule has 2 N–H and O–H groups in total. The average molecular weight is 247 g/mol. The highest BCUT2D eigenvalue weighted by molar-refractivity contribution is 5.85. The molecule has 0 aliphatic heterocycles. The standard InChI is InChI=1S/C12H22N2O.ClH/c1-2-11(13)12(15)14(7-9-3-4-9)8-10-5-6-10;/h9-11H,2-8,13H2,1H3;1H/t11-;/m0./s1. The maximum Gasteiger partial charge on any atom is 0.239 e. The zero-order valence-corrected chi connectivity index (χ0v) is 10.8. The summed E-state index contributed by atoms with van der Waals surface area (Å²) in [4.78, 5) is 14.0. The average Bonchev–Trinajstić information content (AvgIpc) is 3.08. The third-order valence-electron chi connectivity index (χ3n) is 3.42. The molecule has 94 valence electrons. The van der Waals surface area contributed by atoms with E-state index in [2.05, 4.69) is 0 Å². The molecule has 3 nitrogen and oxygen atoms in total. The summed E-state index contributed by atoms with van der Waals surface area (Å²) in [7, 11) is 0. The van der Waals surface area contributed by atoms with Crippen LogP contribution in [0.5, 0.6) is 0 Å². The minimum absolute atomic E-state index is 0. The monoisotopic (exact) mass is 246 g/mol. The molecule has 1 amide bonds. The topological polar surface area (TPSA) is 46.3 Å². The van der Waals surface area contributed by atoms with Crippen LogP contribution in [0.4, 0.5) is 0 Å². The van der Waals surface area contributed by atoms with Crippen LogP contribution in [0.1, 0.15) is 39.0 Å². The Balaban J connectivity index is 0.00000128. The lowest BCUT2D eigenvalue weighted by atomic mass is 10.2. The predicted octanol–water partition coefficient (Wildman–Crippen LogP) is 1.79. The van der Waals surface area contributed by atoms with Gasteiger partial charge in [0.2, 0.25) is 5.91 Å². The molecule has 0 saturated heterocycles. The van der Waals surface area contributed by atoms with Gasteiger partial charge in [-0.2, -0.15) is 0 Å². The van der Waals surface area contributed by atoms with Crippen LogP contribution >= 0.6 is 12.4 Å². The van der Waals surface area contributed by atoms with Crippen LogP contribution in [0.2, 0.25) is 0 Å². The minimum Gasteiger partial charge on any atom is -0.341 e.